The zero-order valence-electron chi connectivity index (χ0n) is 21.9. The monoisotopic (exact) mass is 496 g/mol. The Kier molecular flexibility index (Phi) is 8.67. The number of hydrogen-bond donors (Lipinski definition) is 1. The standard InChI is InChI=1S/C28H40N4O4/c1-4-5-17-36-23-14-12-21(13-15-23)24-19-25-26(33)31(16-18-35-3)28(2,20-32(25)30-24)27(34)29-22-10-8-6-7-9-11-22/h12-15,19,22H,4-11,16-18,20H2,1-3H3,(H,29,34). The van der Waals surface area contributed by atoms with Gasteiger partial charge in [0.25, 0.3) is 5.91 Å². The molecule has 1 aliphatic heterocycles. The first-order chi connectivity index (χ1) is 17.5. The fourth-order valence-corrected chi connectivity index (χ4v) is 5.14. The van der Waals surface area contributed by atoms with Crippen molar-refractivity contribution in [3.63, 3.8) is 0 Å². The molecule has 36 heavy (non-hydrogen) atoms. The number of aromatic nitrogens is 2. The molecule has 1 fully saturated rings. The Hall–Kier alpha value is -2.87. The van der Waals surface area contributed by atoms with Crippen LogP contribution in [-0.2, 0) is 16.1 Å². The highest BCUT2D eigenvalue weighted by Crippen LogP contribution is 2.31. The molecule has 1 aromatic carbocycles. The van der Waals surface area contributed by atoms with Crippen molar-refractivity contribution in [1.29, 1.82) is 0 Å². The maximum absolute atomic E-state index is 13.7. The summed E-state index contributed by atoms with van der Waals surface area (Å²) in [5.74, 6) is 0.506. The molecular formula is C28H40N4O4. The van der Waals surface area contributed by atoms with Gasteiger partial charge < -0.3 is 19.7 Å². The van der Waals surface area contributed by atoms with Crippen molar-refractivity contribution in [2.24, 2.45) is 0 Å². The quantitative estimate of drug-likeness (QED) is 0.389. The number of hydrogen-bond acceptors (Lipinski definition) is 5. The van der Waals surface area contributed by atoms with E-state index in [4.69, 9.17) is 14.6 Å². The topological polar surface area (TPSA) is 85.7 Å². The summed E-state index contributed by atoms with van der Waals surface area (Å²) in [4.78, 5) is 29.0. The number of rotatable bonds is 10. The molecular weight excluding hydrogens is 456 g/mol. The van der Waals surface area contributed by atoms with Crippen LogP contribution in [0, 0.1) is 0 Å². The number of carbonyl (C=O) groups excluding carboxylic acids is 2. The molecule has 1 saturated carbocycles. The number of unbranched alkanes of at least 4 members (excludes halogenated alkanes) is 1. The summed E-state index contributed by atoms with van der Waals surface area (Å²) in [6, 6.07) is 9.75. The lowest BCUT2D eigenvalue weighted by Crippen LogP contribution is -2.65. The smallest absolute Gasteiger partial charge is 0.273 e. The second kappa shape index (κ2) is 11.9. The van der Waals surface area contributed by atoms with Crippen molar-refractivity contribution in [2.75, 3.05) is 26.9 Å². The maximum atomic E-state index is 13.7. The van der Waals surface area contributed by atoms with E-state index in [0.717, 1.165) is 49.8 Å². The summed E-state index contributed by atoms with van der Waals surface area (Å²) in [6.45, 7) is 5.68. The van der Waals surface area contributed by atoms with Crippen molar-refractivity contribution in [3.05, 3.63) is 36.0 Å². The number of nitrogens with zero attached hydrogens (tertiary/aromatic N) is 3. The van der Waals surface area contributed by atoms with Gasteiger partial charge in [-0.1, -0.05) is 39.0 Å². The fraction of sp³-hybridized carbons (Fsp3) is 0.607. The lowest BCUT2D eigenvalue weighted by molar-refractivity contribution is -0.134. The molecule has 2 amide bonds. The Morgan fingerprint density at radius 3 is 2.53 bits per heavy atom. The van der Waals surface area contributed by atoms with Gasteiger partial charge in [-0.05, 0) is 56.5 Å². The summed E-state index contributed by atoms with van der Waals surface area (Å²) in [6.07, 6.45) is 8.77. The predicted molar refractivity (Wildman–Crippen MR) is 139 cm³/mol. The van der Waals surface area contributed by atoms with Crippen LogP contribution in [0.3, 0.4) is 0 Å². The number of ether oxygens (including phenoxy) is 2. The van der Waals surface area contributed by atoms with E-state index in [9.17, 15) is 9.59 Å². The normalized spacial score (nSPS) is 20.6. The van der Waals surface area contributed by atoms with Crippen LogP contribution in [0.2, 0.25) is 0 Å². The Balaban J connectivity index is 1.56. The van der Waals surface area contributed by atoms with Crippen LogP contribution in [-0.4, -0.2) is 64.9 Å². The number of fused-ring (bicyclic) bond motifs is 1. The Labute approximate surface area is 214 Å². The third-order valence-electron chi connectivity index (χ3n) is 7.41. The van der Waals surface area contributed by atoms with Gasteiger partial charge in [-0.15, -0.1) is 0 Å². The van der Waals surface area contributed by atoms with Gasteiger partial charge in [-0.2, -0.15) is 5.10 Å². The SMILES string of the molecule is CCCCOc1ccc(-c2cc3n(n2)CC(C)(C(=O)NC2CCCCCC2)N(CCOC)C3=O)cc1. The molecule has 1 atom stereocenters. The second-order valence-corrected chi connectivity index (χ2v) is 10.2. The third-order valence-corrected chi connectivity index (χ3v) is 7.41. The molecule has 2 aromatic rings. The average Bonchev–Trinajstić information content (AvgIpc) is 3.13. The van der Waals surface area contributed by atoms with Gasteiger partial charge in [0.1, 0.15) is 17.0 Å². The highest BCUT2D eigenvalue weighted by Gasteiger charge is 2.48. The third kappa shape index (κ3) is 5.75. The minimum Gasteiger partial charge on any atom is -0.494 e. The Morgan fingerprint density at radius 2 is 1.86 bits per heavy atom. The first-order valence-corrected chi connectivity index (χ1v) is 13.4. The van der Waals surface area contributed by atoms with Crippen LogP contribution in [0.1, 0.15) is 75.7 Å². The summed E-state index contributed by atoms with van der Waals surface area (Å²) in [5, 5.41) is 8.01. The molecule has 0 saturated heterocycles. The molecule has 2 aliphatic rings. The van der Waals surface area contributed by atoms with E-state index in [1.54, 1.807) is 16.7 Å². The van der Waals surface area contributed by atoms with E-state index in [1.165, 1.54) is 12.8 Å². The van der Waals surface area contributed by atoms with Crippen molar-refractivity contribution in [1.82, 2.24) is 20.0 Å². The van der Waals surface area contributed by atoms with E-state index >= 15 is 0 Å². The number of benzene rings is 1. The van der Waals surface area contributed by atoms with E-state index in [2.05, 4.69) is 12.2 Å². The van der Waals surface area contributed by atoms with E-state index in [0.29, 0.717) is 37.7 Å². The minimum atomic E-state index is -1.05. The largest absolute Gasteiger partial charge is 0.494 e. The summed E-state index contributed by atoms with van der Waals surface area (Å²) in [7, 11) is 1.61. The maximum Gasteiger partial charge on any atom is 0.273 e. The first-order valence-electron chi connectivity index (χ1n) is 13.4. The number of amides is 2. The zero-order valence-corrected chi connectivity index (χ0v) is 21.9. The number of methoxy groups -OCH3 is 1. The molecule has 1 N–H and O–H groups in total. The Morgan fingerprint density at radius 1 is 1.14 bits per heavy atom. The van der Waals surface area contributed by atoms with Gasteiger partial charge in [0.2, 0.25) is 5.91 Å². The van der Waals surface area contributed by atoms with Crippen molar-refractivity contribution in [2.45, 2.75) is 83.3 Å². The summed E-state index contributed by atoms with van der Waals surface area (Å²) >= 11 is 0. The van der Waals surface area contributed by atoms with Crippen LogP contribution in [0.4, 0.5) is 0 Å². The molecule has 8 nitrogen and oxygen atoms in total. The van der Waals surface area contributed by atoms with Gasteiger partial charge in [0.15, 0.2) is 0 Å². The summed E-state index contributed by atoms with van der Waals surface area (Å²) < 4.78 is 12.7. The highest BCUT2D eigenvalue weighted by atomic mass is 16.5. The number of nitrogens with one attached hydrogen (secondary N) is 1. The molecule has 2 heterocycles. The van der Waals surface area contributed by atoms with Crippen molar-refractivity contribution >= 4 is 11.8 Å². The fourth-order valence-electron chi connectivity index (χ4n) is 5.14. The molecule has 1 unspecified atom stereocenters. The van der Waals surface area contributed by atoms with Gasteiger partial charge in [-0.3, -0.25) is 14.3 Å². The van der Waals surface area contributed by atoms with E-state index < -0.39 is 5.54 Å². The highest BCUT2D eigenvalue weighted by molar-refractivity contribution is 6.00. The van der Waals surface area contributed by atoms with Crippen LogP contribution in [0.15, 0.2) is 30.3 Å². The second-order valence-electron chi connectivity index (χ2n) is 10.2. The number of carbonyl (C=O) groups is 2. The molecule has 4 rings (SSSR count). The van der Waals surface area contributed by atoms with E-state index in [-0.39, 0.29) is 17.9 Å². The van der Waals surface area contributed by atoms with E-state index in [1.807, 2.05) is 37.3 Å². The first kappa shape index (κ1) is 26.2. The predicted octanol–water partition coefficient (Wildman–Crippen LogP) is 4.43. The average molecular weight is 497 g/mol. The molecule has 1 aromatic heterocycles. The lowest BCUT2D eigenvalue weighted by atomic mass is 9.94. The van der Waals surface area contributed by atoms with Gasteiger partial charge >= 0.3 is 0 Å². The van der Waals surface area contributed by atoms with Crippen LogP contribution < -0.4 is 10.1 Å². The molecule has 8 heteroatoms. The van der Waals surface area contributed by atoms with Crippen molar-refractivity contribution < 1.29 is 19.1 Å². The molecule has 0 radical (unpaired) electrons. The van der Waals surface area contributed by atoms with Crippen molar-refractivity contribution in [3.8, 4) is 17.0 Å². The van der Waals surface area contributed by atoms with Crippen LogP contribution >= 0.6 is 0 Å². The molecule has 0 spiro atoms. The van der Waals surface area contributed by atoms with Gasteiger partial charge in [-0.25, -0.2) is 0 Å². The van der Waals surface area contributed by atoms with Gasteiger partial charge in [0.05, 0.1) is 25.5 Å². The molecule has 0 bridgehead atoms. The summed E-state index contributed by atoms with van der Waals surface area (Å²) in [5.41, 5.74) is 1.05. The Bertz CT molecular complexity index is 1030. The van der Waals surface area contributed by atoms with Crippen LogP contribution in [0.5, 0.6) is 5.75 Å². The zero-order chi connectivity index (χ0) is 25.5. The van der Waals surface area contributed by atoms with Gasteiger partial charge in [0, 0.05) is 25.3 Å². The molecule has 196 valence electrons. The minimum absolute atomic E-state index is 0.116. The van der Waals surface area contributed by atoms with Crippen LogP contribution in [0.25, 0.3) is 11.3 Å². The molecule has 1 aliphatic carbocycles. The lowest BCUT2D eigenvalue weighted by Gasteiger charge is -2.43.